The summed E-state index contributed by atoms with van der Waals surface area (Å²) in [4.78, 5) is 10.8. The van der Waals surface area contributed by atoms with Gasteiger partial charge in [0.25, 0.3) is 0 Å². The molecule has 0 aromatic heterocycles. The number of carbonyl (C=O) groups is 1. The van der Waals surface area contributed by atoms with Crippen LogP contribution in [0.4, 0.5) is 0 Å². The van der Waals surface area contributed by atoms with Crippen LogP contribution in [0.25, 0.3) is 0 Å². The summed E-state index contributed by atoms with van der Waals surface area (Å²) in [7, 11) is 0. The summed E-state index contributed by atoms with van der Waals surface area (Å²) >= 11 is 0. The van der Waals surface area contributed by atoms with E-state index in [0.717, 1.165) is 0 Å². The highest BCUT2D eigenvalue weighted by molar-refractivity contribution is 5.82. The number of rotatable bonds is 3. The quantitative estimate of drug-likeness (QED) is 0.484. The summed E-state index contributed by atoms with van der Waals surface area (Å²) in [5.41, 5.74) is 5.77. The van der Waals surface area contributed by atoms with Crippen molar-refractivity contribution in [1.82, 2.24) is 0 Å². The molecule has 2 N–H and O–H groups in total. The van der Waals surface area contributed by atoms with Gasteiger partial charge in [-0.15, -0.1) is 0 Å². The van der Waals surface area contributed by atoms with Gasteiger partial charge in [-0.3, -0.25) is 0 Å². The second-order valence-corrected chi connectivity index (χ2v) is 2.96. The fourth-order valence-electron chi connectivity index (χ4n) is 0.712. The monoisotopic (exact) mass is 155 g/mol. The van der Waals surface area contributed by atoms with Crippen molar-refractivity contribution in [2.75, 3.05) is 6.61 Å². The van der Waals surface area contributed by atoms with Gasteiger partial charge in [0.2, 0.25) is 0 Å². The Labute approximate surface area is 66.2 Å². The second kappa shape index (κ2) is 3.42. The van der Waals surface area contributed by atoms with Crippen molar-refractivity contribution in [3.8, 4) is 0 Å². The normalized spacial score (nSPS) is 18.1. The molecular formula is C8H13NO2. The summed E-state index contributed by atoms with van der Waals surface area (Å²) in [6.45, 7) is 2.22. The summed E-state index contributed by atoms with van der Waals surface area (Å²) in [5, 5.41) is 0. The summed E-state index contributed by atoms with van der Waals surface area (Å²) < 4.78 is 4.88. The van der Waals surface area contributed by atoms with Crippen LogP contribution in [-0.4, -0.2) is 12.6 Å². The molecule has 0 saturated heterocycles. The fourth-order valence-corrected chi connectivity index (χ4v) is 0.712. The predicted molar refractivity (Wildman–Crippen MR) is 41.6 cm³/mol. The van der Waals surface area contributed by atoms with Gasteiger partial charge in [0, 0.05) is 11.8 Å². The van der Waals surface area contributed by atoms with Crippen LogP contribution in [0.1, 0.15) is 19.8 Å². The van der Waals surface area contributed by atoms with Gasteiger partial charge in [-0.05, 0) is 25.7 Å². The highest BCUT2D eigenvalue weighted by atomic mass is 16.5. The van der Waals surface area contributed by atoms with Crippen LogP contribution >= 0.6 is 0 Å². The molecule has 1 rings (SSSR count). The van der Waals surface area contributed by atoms with Crippen LogP contribution in [0.15, 0.2) is 11.8 Å². The first-order chi connectivity index (χ1) is 5.18. The summed E-state index contributed by atoms with van der Waals surface area (Å²) in [6.07, 6.45) is 3.69. The van der Waals surface area contributed by atoms with Crippen molar-refractivity contribution in [3.05, 3.63) is 11.8 Å². The Morgan fingerprint density at radius 2 is 2.36 bits per heavy atom. The topological polar surface area (TPSA) is 52.3 Å². The van der Waals surface area contributed by atoms with Crippen molar-refractivity contribution >= 4 is 5.97 Å². The molecule has 0 aliphatic heterocycles. The second-order valence-electron chi connectivity index (χ2n) is 2.96. The van der Waals surface area contributed by atoms with Gasteiger partial charge in [-0.25, -0.2) is 4.79 Å². The minimum atomic E-state index is -0.322. The van der Waals surface area contributed by atoms with Gasteiger partial charge in [0.05, 0.1) is 6.61 Å². The lowest BCUT2D eigenvalue weighted by atomic mass is 10.4. The number of hydrogen-bond acceptors (Lipinski definition) is 3. The molecule has 0 atom stereocenters. The van der Waals surface area contributed by atoms with Crippen LogP contribution in [0.5, 0.6) is 0 Å². The molecular weight excluding hydrogens is 142 g/mol. The first-order valence-electron chi connectivity index (χ1n) is 3.79. The molecule has 0 heterocycles. The Kier molecular flexibility index (Phi) is 2.52. The standard InChI is InChI=1S/C8H13NO2/c1-6(9)4-8(10)11-5-7-2-3-7/h4,7H,2-3,5,9H2,1H3. The zero-order valence-electron chi connectivity index (χ0n) is 6.67. The van der Waals surface area contributed by atoms with Crippen molar-refractivity contribution in [2.24, 2.45) is 11.7 Å². The molecule has 1 saturated carbocycles. The molecule has 1 aliphatic rings. The van der Waals surface area contributed by atoms with Crippen LogP contribution < -0.4 is 5.73 Å². The van der Waals surface area contributed by atoms with Crippen LogP contribution in [-0.2, 0) is 9.53 Å². The lowest BCUT2D eigenvalue weighted by Gasteiger charge is -1.98. The molecule has 0 aromatic rings. The van der Waals surface area contributed by atoms with Gasteiger partial charge < -0.3 is 10.5 Å². The van der Waals surface area contributed by atoms with Crippen LogP contribution in [0.3, 0.4) is 0 Å². The van der Waals surface area contributed by atoms with Gasteiger partial charge in [-0.1, -0.05) is 0 Å². The van der Waals surface area contributed by atoms with E-state index >= 15 is 0 Å². The third-order valence-electron chi connectivity index (χ3n) is 1.50. The van der Waals surface area contributed by atoms with Crippen molar-refractivity contribution < 1.29 is 9.53 Å². The van der Waals surface area contributed by atoms with Crippen molar-refractivity contribution in [3.63, 3.8) is 0 Å². The lowest BCUT2D eigenvalue weighted by Crippen LogP contribution is -2.06. The van der Waals surface area contributed by atoms with E-state index in [2.05, 4.69) is 0 Å². The molecule has 0 amide bonds. The highest BCUT2D eigenvalue weighted by Gasteiger charge is 2.22. The zero-order chi connectivity index (χ0) is 8.27. The van der Waals surface area contributed by atoms with E-state index in [1.165, 1.54) is 18.9 Å². The molecule has 1 fully saturated rings. The first-order valence-corrected chi connectivity index (χ1v) is 3.79. The third-order valence-corrected chi connectivity index (χ3v) is 1.50. The van der Waals surface area contributed by atoms with Crippen LogP contribution in [0.2, 0.25) is 0 Å². The Bertz CT molecular complexity index is 179. The van der Waals surface area contributed by atoms with Gasteiger partial charge in [0.15, 0.2) is 0 Å². The van der Waals surface area contributed by atoms with Crippen LogP contribution in [0, 0.1) is 5.92 Å². The molecule has 1 aliphatic carbocycles. The average Bonchev–Trinajstić information content (AvgIpc) is 2.63. The molecule has 0 spiro atoms. The molecule has 0 radical (unpaired) electrons. The number of allylic oxidation sites excluding steroid dienone is 1. The number of hydrogen-bond donors (Lipinski definition) is 1. The summed E-state index contributed by atoms with van der Waals surface area (Å²) in [6, 6.07) is 0. The summed E-state index contributed by atoms with van der Waals surface area (Å²) in [5.74, 6) is 0.294. The third kappa shape index (κ3) is 3.65. The van der Waals surface area contributed by atoms with Gasteiger partial charge >= 0.3 is 5.97 Å². The van der Waals surface area contributed by atoms with E-state index in [-0.39, 0.29) is 5.97 Å². The average molecular weight is 155 g/mol. The molecule has 3 heteroatoms. The fraction of sp³-hybridized carbons (Fsp3) is 0.625. The molecule has 0 aromatic carbocycles. The Morgan fingerprint density at radius 1 is 1.73 bits per heavy atom. The Morgan fingerprint density at radius 3 is 2.82 bits per heavy atom. The molecule has 0 unspecified atom stereocenters. The Hall–Kier alpha value is -0.990. The van der Waals surface area contributed by atoms with Gasteiger partial charge in [-0.2, -0.15) is 0 Å². The zero-order valence-corrected chi connectivity index (χ0v) is 6.67. The van der Waals surface area contributed by atoms with E-state index < -0.39 is 0 Å². The maximum atomic E-state index is 10.8. The minimum Gasteiger partial charge on any atom is -0.462 e. The number of ether oxygens (including phenoxy) is 1. The van der Waals surface area contributed by atoms with Crippen molar-refractivity contribution in [1.29, 1.82) is 0 Å². The van der Waals surface area contributed by atoms with E-state index in [9.17, 15) is 4.79 Å². The van der Waals surface area contributed by atoms with E-state index in [4.69, 9.17) is 10.5 Å². The highest BCUT2D eigenvalue weighted by Crippen LogP contribution is 2.28. The minimum absolute atomic E-state index is 0.322. The molecule has 3 nitrogen and oxygen atoms in total. The Balaban J connectivity index is 2.14. The predicted octanol–water partition coefficient (Wildman–Crippen LogP) is 0.802. The van der Waals surface area contributed by atoms with Crippen molar-refractivity contribution in [2.45, 2.75) is 19.8 Å². The number of carbonyl (C=O) groups excluding carboxylic acids is 1. The van der Waals surface area contributed by atoms with E-state index in [1.54, 1.807) is 6.92 Å². The largest absolute Gasteiger partial charge is 0.462 e. The maximum Gasteiger partial charge on any atom is 0.332 e. The molecule has 0 bridgehead atoms. The molecule has 11 heavy (non-hydrogen) atoms. The number of nitrogens with two attached hydrogens (primary N) is 1. The lowest BCUT2D eigenvalue weighted by molar-refractivity contribution is -0.138. The maximum absolute atomic E-state index is 10.8. The first kappa shape index (κ1) is 8.11. The smallest absolute Gasteiger partial charge is 0.332 e. The van der Waals surface area contributed by atoms with Gasteiger partial charge in [0.1, 0.15) is 0 Å². The van der Waals surface area contributed by atoms with E-state index in [1.807, 2.05) is 0 Å². The SMILES string of the molecule is CC(N)=CC(=O)OCC1CC1. The number of esters is 1. The van der Waals surface area contributed by atoms with E-state index in [0.29, 0.717) is 18.2 Å². The molecule has 62 valence electrons.